The summed E-state index contributed by atoms with van der Waals surface area (Å²) in [6.07, 6.45) is 3.57. The Morgan fingerprint density at radius 1 is 1.42 bits per heavy atom. The van der Waals surface area contributed by atoms with Gasteiger partial charge in [-0.2, -0.15) is 5.10 Å². The zero-order valence-electron chi connectivity index (χ0n) is 10.8. The minimum Gasteiger partial charge on any atom is -0.376 e. The van der Waals surface area contributed by atoms with E-state index in [4.69, 9.17) is 16.3 Å². The minimum atomic E-state index is 0.490. The Morgan fingerprint density at radius 3 is 3.16 bits per heavy atom. The molecule has 5 nitrogen and oxygen atoms in total. The van der Waals surface area contributed by atoms with E-state index in [2.05, 4.69) is 22.0 Å². The van der Waals surface area contributed by atoms with Crippen molar-refractivity contribution in [2.45, 2.75) is 32.9 Å². The molecule has 1 aliphatic rings. The first-order valence-electron chi connectivity index (χ1n) is 6.45. The second-order valence-corrected chi connectivity index (χ2v) is 4.86. The predicted octanol–water partition coefficient (Wildman–Crippen LogP) is 2.48. The third-order valence-electron chi connectivity index (χ3n) is 3.15. The molecule has 0 saturated heterocycles. The van der Waals surface area contributed by atoms with E-state index >= 15 is 0 Å². The number of hydrogen-bond donors (Lipinski definition) is 0. The Kier molecular flexibility index (Phi) is 3.48. The van der Waals surface area contributed by atoms with Crippen molar-refractivity contribution in [2.24, 2.45) is 0 Å². The smallest absolute Gasteiger partial charge is 0.179 e. The average molecular weight is 279 g/mol. The molecule has 0 unspecified atom stereocenters. The van der Waals surface area contributed by atoms with Crippen molar-refractivity contribution in [2.75, 3.05) is 6.61 Å². The van der Waals surface area contributed by atoms with Crippen LogP contribution in [0.5, 0.6) is 0 Å². The highest BCUT2D eigenvalue weighted by Gasteiger charge is 2.19. The summed E-state index contributed by atoms with van der Waals surface area (Å²) < 4.78 is 7.30. The van der Waals surface area contributed by atoms with Gasteiger partial charge in [0.2, 0.25) is 0 Å². The lowest BCUT2D eigenvalue weighted by Gasteiger charge is -2.17. The highest BCUT2D eigenvalue weighted by atomic mass is 35.5. The van der Waals surface area contributed by atoms with E-state index in [-0.39, 0.29) is 0 Å². The number of ether oxygens (including phenoxy) is 1. The quantitative estimate of drug-likeness (QED) is 0.810. The van der Waals surface area contributed by atoms with Crippen LogP contribution in [0.3, 0.4) is 0 Å². The Balaban J connectivity index is 2.05. The minimum absolute atomic E-state index is 0.490. The fourth-order valence-corrected chi connectivity index (χ4v) is 2.46. The maximum Gasteiger partial charge on any atom is 0.179 e. The Labute approximate surface area is 116 Å². The molecule has 0 fully saturated rings. The second-order valence-electron chi connectivity index (χ2n) is 4.51. The third-order valence-corrected chi connectivity index (χ3v) is 3.47. The molecular weight excluding hydrogens is 264 g/mol. The topological polar surface area (TPSA) is 52.8 Å². The Hall–Kier alpha value is -1.46. The number of fused-ring (bicyclic) bond motifs is 1. The summed E-state index contributed by atoms with van der Waals surface area (Å²) in [5.41, 5.74) is 2.82. The molecule has 0 amide bonds. The molecule has 0 radical (unpaired) electrons. The Morgan fingerprint density at radius 2 is 2.32 bits per heavy atom. The summed E-state index contributed by atoms with van der Waals surface area (Å²) in [7, 11) is 0. The monoisotopic (exact) mass is 278 g/mol. The van der Waals surface area contributed by atoms with Crippen molar-refractivity contribution >= 4 is 11.6 Å². The molecule has 3 heterocycles. The van der Waals surface area contributed by atoms with Crippen LogP contribution in [0.4, 0.5) is 0 Å². The van der Waals surface area contributed by atoms with E-state index in [1.807, 2.05) is 10.7 Å². The lowest BCUT2D eigenvalue weighted by Crippen LogP contribution is -2.15. The van der Waals surface area contributed by atoms with Crippen LogP contribution in [0, 0.1) is 0 Å². The molecular formula is C13H15ClN4O. The average Bonchev–Trinajstić information content (AvgIpc) is 2.87. The van der Waals surface area contributed by atoms with Crippen LogP contribution in [-0.2, 0) is 24.3 Å². The van der Waals surface area contributed by atoms with Crippen LogP contribution in [0.15, 0.2) is 12.3 Å². The lowest BCUT2D eigenvalue weighted by atomic mass is 10.1. The standard InChI is InChI=1S/C13H15ClN4O/c1-2-6-18-11(3-5-15-18)13-16-10-4-7-19-8-9(10)12(14)17-13/h3,5H,2,4,6-8H2,1H3. The van der Waals surface area contributed by atoms with Crippen LogP contribution >= 0.6 is 11.6 Å². The van der Waals surface area contributed by atoms with Gasteiger partial charge in [-0.1, -0.05) is 18.5 Å². The van der Waals surface area contributed by atoms with Gasteiger partial charge in [-0.25, -0.2) is 9.97 Å². The number of aryl methyl sites for hydroxylation is 1. The number of aromatic nitrogens is 4. The van der Waals surface area contributed by atoms with Gasteiger partial charge in [-0.15, -0.1) is 0 Å². The predicted molar refractivity (Wildman–Crippen MR) is 71.9 cm³/mol. The summed E-state index contributed by atoms with van der Waals surface area (Å²) in [4.78, 5) is 9.01. The highest BCUT2D eigenvalue weighted by Crippen LogP contribution is 2.25. The van der Waals surface area contributed by atoms with Crippen molar-refractivity contribution < 1.29 is 4.74 Å². The number of halogens is 1. The fraction of sp³-hybridized carbons (Fsp3) is 0.462. The molecule has 1 aliphatic heterocycles. The zero-order valence-corrected chi connectivity index (χ0v) is 11.5. The number of rotatable bonds is 3. The zero-order chi connectivity index (χ0) is 13.2. The first kappa shape index (κ1) is 12.6. The van der Waals surface area contributed by atoms with Crippen LogP contribution in [0.25, 0.3) is 11.5 Å². The van der Waals surface area contributed by atoms with Gasteiger partial charge >= 0.3 is 0 Å². The molecule has 100 valence electrons. The molecule has 0 aromatic carbocycles. The van der Waals surface area contributed by atoms with E-state index in [1.54, 1.807) is 6.20 Å². The van der Waals surface area contributed by atoms with Crippen molar-refractivity contribution in [3.63, 3.8) is 0 Å². The molecule has 0 N–H and O–H groups in total. The molecule has 2 aromatic heterocycles. The second kappa shape index (κ2) is 5.27. The molecule has 6 heteroatoms. The van der Waals surface area contributed by atoms with Gasteiger partial charge in [-0.05, 0) is 12.5 Å². The van der Waals surface area contributed by atoms with Gasteiger partial charge in [0.05, 0.1) is 18.9 Å². The van der Waals surface area contributed by atoms with E-state index < -0.39 is 0 Å². The van der Waals surface area contributed by atoms with E-state index in [0.717, 1.165) is 36.3 Å². The molecule has 3 rings (SSSR count). The van der Waals surface area contributed by atoms with Crippen LogP contribution < -0.4 is 0 Å². The van der Waals surface area contributed by atoms with Crippen LogP contribution in [-0.4, -0.2) is 26.4 Å². The summed E-state index contributed by atoms with van der Waals surface area (Å²) in [6.45, 7) is 4.16. The maximum atomic E-state index is 6.23. The van der Waals surface area contributed by atoms with Crippen LogP contribution in [0.1, 0.15) is 24.6 Å². The normalized spacial score (nSPS) is 14.4. The van der Waals surface area contributed by atoms with E-state index in [9.17, 15) is 0 Å². The molecule has 2 aromatic rings. The first-order chi connectivity index (χ1) is 9.29. The van der Waals surface area contributed by atoms with Gasteiger partial charge in [0.15, 0.2) is 5.82 Å². The van der Waals surface area contributed by atoms with Crippen molar-refractivity contribution in [1.29, 1.82) is 0 Å². The summed E-state index contributed by atoms with van der Waals surface area (Å²) >= 11 is 6.23. The summed E-state index contributed by atoms with van der Waals surface area (Å²) in [5.74, 6) is 0.650. The number of hydrogen-bond acceptors (Lipinski definition) is 4. The van der Waals surface area contributed by atoms with E-state index in [0.29, 0.717) is 24.2 Å². The lowest BCUT2D eigenvalue weighted by molar-refractivity contribution is 0.109. The van der Waals surface area contributed by atoms with Gasteiger partial charge in [-0.3, -0.25) is 4.68 Å². The first-order valence-corrected chi connectivity index (χ1v) is 6.82. The summed E-state index contributed by atoms with van der Waals surface area (Å²) in [6, 6.07) is 1.92. The maximum absolute atomic E-state index is 6.23. The van der Waals surface area contributed by atoms with Crippen molar-refractivity contribution in [1.82, 2.24) is 19.7 Å². The molecule has 19 heavy (non-hydrogen) atoms. The van der Waals surface area contributed by atoms with Crippen molar-refractivity contribution in [3.8, 4) is 11.5 Å². The molecule has 0 aliphatic carbocycles. The van der Waals surface area contributed by atoms with Gasteiger partial charge < -0.3 is 4.74 Å². The van der Waals surface area contributed by atoms with Crippen LogP contribution in [0.2, 0.25) is 5.15 Å². The van der Waals surface area contributed by atoms with Gasteiger partial charge in [0.1, 0.15) is 10.8 Å². The third kappa shape index (κ3) is 2.35. The fourth-order valence-electron chi connectivity index (χ4n) is 2.22. The highest BCUT2D eigenvalue weighted by molar-refractivity contribution is 6.30. The van der Waals surface area contributed by atoms with Crippen molar-refractivity contribution in [3.05, 3.63) is 28.7 Å². The Bertz CT molecular complexity index is 596. The molecule has 0 saturated carbocycles. The summed E-state index contributed by atoms with van der Waals surface area (Å²) in [5, 5.41) is 4.78. The SMILES string of the molecule is CCCn1nccc1-c1nc(Cl)c2c(n1)CCOC2. The molecule has 0 spiro atoms. The van der Waals surface area contributed by atoms with Gasteiger partial charge in [0.25, 0.3) is 0 Å². The molecule has 0 bridgehead atoms. The number of nitrogens with zero attached hydrogens (tertiary/aromatic N) is 4. The van der Waals surface area contributed by atoms with Gasteiger partial charge in [0, 0.05) is 24.7 Å². The molecule has 0 atom stereocenters. The van der Waals surface area contributed by atoms with E-state index in [1.165, 1.54) is 0 Å². The largest absolute Gasteiger partial charge is 0.376 e.